The molecule has 3 atom stereocenters. The van der Waals surface area contributed by atoms with Crippen molar-refractivity contribution in [3.8, 4) is 6.07 Å². The minimum atomic E-state index is -1.43. The first-order valence-electron chi connectivity index (χ1n) is 18.2. The second kappa shape index (κ2) is 17.2. The van der Waals surface area contributed by atoms with Crippen molar-refractivity contribution in [2.75, 3.05) is 19.8 Å². The number of carbonyl (C=O) groups is 2. The smallest absolute Gasteiger partial charge is 0.340 e. The van der Waals surface area contributed by atoms with Gasteiger partial charge in [-0.25, -0.2) is 14.0 Å². The average molecular weight is 723 g/mol. The maximum absolute atomic E-state index is 16.1. The van der Waals surface area contributed by atoms with Gasteiger partial charge in [0.05, 0.1) is 31.8 Å². The standard InChI is InChI=1S/C46H43FN2O5/c1-4-52-44(50)43(45(51)53-5-2)49-42-31(3)41(36-26-15-16-27-37(36)42)38(29-48)39(35-25-17-18-28-40(35)47)30-54-46(32-19-9-6-10-20-32,33-21-11-7-12-22-33)34-23-13-8-14-24-34/h6-28,38-39,41,43,49H,4-5,30H2,1-3H3/t38?,39-,41?/m0/s1. The molecule has 5 aromatic carbocycles. The van der Waals surface area contributed by atoms with Crippen molar-refractivity contribution in [1.29, 1.82) is 5.26 Å². The van der Waals surface area contributed by atoms with Crippen LogP contribution in [-0.2, 0) is 29.4 Å². The predicted octanol–water partition coefficient (Wildman–Crippen LogP) is 8.67. The van der Waals surface area contributed by atoms with Gasteiger partial charge in [-0.1, -0.05) is 133 Å². The lowest BCUT2D eigenvalue weighted by molar-refractivity contribution is -0.157. The summed E-state index contributed by atoms with van der Waals surface area (Å²) in [6.07, 6.45) is 0. The molecule has 1 aliphatic carbocycles. The zero-order chi connectivity index (χ0) is 38.1. The Balaban J connectivity index is 1.49. The van der Waals surface area contributed by atoms with Crippen LogP contribution in [0.25, 0.3) is 5.70 Å². The first-order chi connectivity index (χ1) is 26.3. The van der Waals surface area contributed by atoms with E-state index in [0.717, 1.165) is 27.8 Å². The number of nitrogens with one attached hydrogen (secondary N) is 1. The van der Waals surface area contributed by atoms with Crippen LogP contribution in [-0.4, -0.2) is 37.8 Å². The van der Waals surface area contributed by atoms with Gasteiger partial charge < -0.3 is 19.5 Å². The largest absolute Gasteiger partial charge is 0.464 e. The second-order valence-corrected chi connectivity index (χ2v) is 13.1. The fourth-order valence-corrected chi connectivity index (χ4v) is 7.60. The molecule has 0 amide bonds. The molecular formula is C46H43FN2O5. The van der Waals surface area contributed by atoms with Gasteiger partial charge in [0, 0.05) is 23.1 Å². The Kier molecular flexibility index (Phi) is 12.0. The van der Waals surface area contributed by atoms with Gasteiger partial charge in [-0.2, -0.15) is 5.26 Å². The van der Waals surface area contributed by atoms with E-state index in [1.807, 2.05) is 122 Å². The molecule has 1 aliphatic rings. The van der Waals surface area contributed by atoms with Gasteiger partial charge in [0.25, 0.3) is 0 Å². The molecule has 0 aliphatic heterocycles. The number of hydrogen-bond donors (Lipinski definition) is 1. The van der Waals surface area contributed by atoms with Crippen LogP contribution >= 0.6 is 0 Å². The lowest BCUT2D eigenvalue weighted by Gasteiger charge is -2.38. The highest BCUT2D eigenvalue weighted by Gasteiger charge is 2.44. The molecule has 6 rings (SSSR count). The van der Waals surface area contributed by atoms with Gasteiger partial charge >= 0.3 is 11.9 Å². The highest BCUT2D eigenvalue weighted by molar-refractivity contribution is 6.01. The van der Waals surface area contributed by atoms with Crippen LogP contribution in [0.3, 0.4) is 0 Å². The molecule has 0 fully saturated rings. The number of ether oxygens (including phenoxy) is 3. The third-order valence-corrected chi connectivity index (χ3v) is 10.0. The van der Waals surface area contributed by atoms with Gasteiger partial charge in [0.1, 0.15) is 11.4 Å². The molecular weight excluding hydrogens is 680 g/mol. The van der Waals surface area contributed by atoms with E-state index in [4.69, 9.17) is 14.2 Å². The van der Waals surface area contributed by atoms with E-state index in [0.29, 0.717) is 16.8 Å². The Bertz CT molecular complexity index is 2020. The fraction of sp³-hybridized carbons (Fsp3) is 0.239. The summed E-state index contributed by atoms with van der Waals surface area (Å²) in [6.45, 7) is 5.30. The van der Waals surface area contributed by atoms with Crippen molar-refractivity contribution < 1.29 is 28.2 Å². The van der Waals surface area contributed by atoms with Gasteiger partial charge in [-0.15, -0.1) is 0 Å². The molecule has 0 saturated heterocycles. The Labute approximate surface area is 316 Å². The third-order valence-electron chi connectivity index (χ3n) is 10.0. The highest BCUT2D eigenvalue weighted by Crippen LogP contribution is 2.50. The van der Waals surface area contributed by atoms with E-state index < -0.39 is 47.2 Å². The van der Waals surface area contributed by atoms with E-state index >= 15 is 4.39 Å². The summed E-state index contributed by atoms with van der Waals surface area (Å²) in [7, 11) is 0. The predicted molar refractivity (Wildman–Crippen MR) is 205 cm³/mol. The van der Waals surface area contributed by atoms with Gasteiger partial charge in [0.15, 0.2) is 0 Å². The van der Waals surface area contributed by atoms with Crippen LogP contribution < -0.4 is 5.32 Å². The lowest BCUT2D eigenvalue weighted by atomic mass is 9.74. The number of rotatable bonds is 15. The quantitative estimate of drug-likeness (QED) is 0.0656. The first kappa shape index (κ1) is 37.7. The van der Waals surface area contributed by atoms with Crippen molar-refractivity contribution >= 4 is 17.6 Å². The molecule has 0 radical (unpaired) electrons. The summed E-state index contributed by atoms with van der Waals surface area (Å²) in [4.78, 5) is 26.2. The van der Waals surface area contributed by atoms with Gasteiger partial charge in [0.2, 0.25) is 6.04 Å². The zero-order valence-corrected chi connectivity index (χ0v) is 30.6. The van der Waals surface area contributed by atoms with E-state index in [9.17, 15) is 14.9 Å². The van der Waals surface area contributed by atoms with Crippen LogP contribution in [0, 0.1) is 23.1 Å². The van der Waals surface area contributed by atoms with Crippen LogP contribution in [0.1, 0.15) is 66.0 Å². The molecule has 1 N–H and O–H groups in total. The highest BCUT2D eigenvalue weighted by atomic mass is 19.1. The number of hydrogen-bond acceptors (Lipinski definition) is 7. The molecule has 54 heavy (non-hydrogen) atoms. The molecule has 2 unspecified atom stereocenters. The number of nitriles is 1. The Morgan fingerprint density at radius 2 is 1.22 bits per heavy atom. The number of allylic oxidation sites excluding steroid dienone is 1. The van der Waals surface area contributed by atoms with Crippen LogP contribution in [0.15, 0.2) is 145 Å². The molecule has 0 bridgehead atoms. The minimum absolute atomic E-state index is 0.0408. The molecule has 7 nitrogen and oxygen atoms in total. The van der Waals surface area contributed by atoms with E-state index in [-0.39, 0.29) is 19.8 Å². The van der Waals surface area contributed by atoms with E-state index in [2.05, 4.69) is 11.4 Å². The second-order valence-electron chi connectivity index (χ2n) is 13.1. The van der Waals surface area contributed by atoms with Gasteiger partial charge in [-0.05, 0) is 60.2 Å². The average Bonchev–Trinajstić information content (AvgIpc) is 3.48. The normalized spacial score (nSPS) is 14.9. The molecule has 0 aromatic heterocycles. The molecule has 274 valence electrons. The summed E-state index contributed by atoms with van der Waals surface area (Å²) < 4.78 is 33.8. The maximum Gasteiger partial charge on any atom is 0.340 e. The summed E-state index contributed by atoms with van der Waals surface area (Å²) in [5.74, 6) is -4.19. The molecule has 8 heteroatoms. The van der Waals surface area contributed by atoms with Crippen LogP contribution in [0.5, 0.6) is 0 Å². The van der Waals surface area contributed by atoms with Crippen molar-refractivity contribution in [2.24, 2.45) is 5.92 Å². The van der Waals surface area contributed by atoms with Crippen molar-refractivity contribution in [3.05, 3.63) is 184 Å². The number of nitrogens with zero attached hydrogens (tertiary/aromatic N) is 1. The van der Waals surface area contributed by atoms with E-state index in [1.54, 1.807) is 32.0 Å². The van der Waals surface area contributed by atoms with Crippen molar-refractivity contribution in [3.63, 3.8) is 0 Å². The first-order valence-corrected chi connectivity index (χ1v) is 18.2. The minimum Gasteiger partial charge on any atom is -0.464 e. The zero-order valence-electron chi connectivity index (χ0n) is 30.6. The Morgan fingerprint density at radius 1 is 0.741 bits per heavy atom. The van der Waals surface area contributed by atoms with E-state index in [1.165, 1.54) is 6.07 Å². The van der Waals surface area contributed by atoms with Gasteiger partial charge in [-0.3, -0.25) is 0 Å². The Morgan fingerprint density at radius 3 is 1.72 bits per heavy atom. The monoisotopic (exact) mass is 722 g/mol. The Hall–Kier alpha value is -6.04. The number of halogens is 1. The number of esters is 2. The summed E-state index contributed by atoms with van der Waals surface area (Å²) in [6, 6.07) is 44.9. The molecule has 0 saturated carbocycles. The van der Waals surface area contributed by atoms with Crippen LogP contribution in [0.4, 0.5) is 4.39 Å². The van der Waals surface area contributed by atoms with Crippen LogP contribution in [0.2, 0.25) is 0 Å². The molecule has 5 aromatic rings. The lowest BCUT2D eigenvalue weighted by Crippen LogP contribution is -2.44. The molecule has 0 spiro atoms. The molecule has 0 heterocycles. The van der Waals surface area contributed by atoms with Crippen molar-refractivity contribution in [1.82, 2.24) is 5.32 Å². The fourth-order valence-electron chi connectivity index (χ4n) is 7.60. The number of benzene rings is 5. The maximum atomic E-state index is 16.1. The van der Waals surface area contributed by atoms with Crippen molar-refractivity contribution in [2.45, 2.75) is 44.2 Å². The topological polar surface area (TPSA) is 97.6 Å². The number of fused-ring (bicyclic) bond motifs is 1. The summed E-state index contributed by atoms with van der Waals surface area (Å²) in [5.41, 5.74) is 4.60. The SMILES string of the molecule is CCOC(=O)C(NC1=C(C)C(C(C#N)[C@@H](COC(c2ccccc2)(c2ccccc2)c2ccccc2)c2ccccc2F)c2ccccc21)C(=O)OCC. The number of carbonyl (C=O) groups excluding carboxylic acids is 2. The third kappa shape index (κ3) is 7.41. The summed E-state index contributed by atoms with van der Waals surface area (Å²) >= 11 is 0. The summed E-state index contributed by atoms with van der Waals surface area (Å²) in [5, 5.41) is 14.3.